The average molecular weight is 253 g/mol. The van der Waals surface area contributed by atoms with E-state index in [-0.39, 0.29) is 0 Å². The molecule has 0 atom stereocenters. The Morgan fingerprint density at radius 1 is 1.29 bits per heavy atom. The lowest BCUT2D eigenvalue weighted by Gasteiger charge is -2.16. The number of alkyl halides is 5. The van der Waals surface area contributed by atoms with E-state index >= 15 is 0 Å². The van der Waals surface area contributed by atoms with Gasteiger partial charge in [0.2, 0.25) is 0 Å². The van der Waals surface area contributed by atoms with Crippen LogP contribution in [0.4, 0.5) is 27.6 Å². The van der Waals surface area contributed by atoms with Crippen LogP contribution in [-0.4, -0.2) is 5.78 Å². The second kappa shape index (κ2) is 4.31. The van der Waals surface area contributed by atoms with Crippen LogP contribution in [0.2, 0.25) is 0 Å². The molecule has 1 aromatic carbocycles. The Balaban J connectivity index is 3.66. The van der Waals surface area contributed by atoms with Gasteiger partial charge in [-0.2, -0.15) is 13.2 Å². The Kier molecular flexibility index (Phi) is 3.40. The van der Waals surface area contributed by atoms with E-state index in [9.17, 15) is 26.7 Å². The summed E-state index contributed by atoms with van der Waals surface area (Å²) in [6.45, 7) is 0.788. The van der Waals surface area contributed by atoms with Gasteiger partial charge in [-0.3, -0.25) is 4.79 Å². The van der Waals surface area contributed by atoms with Gasteiger partial charge in [-0.25, -0.2) is 8.78 Å². The van der Waals surface area contributed by atoms with Crippen LogP contribution in [0, 0.1) is 0 Å². The third-order valence-electron chi connectivity index (χ3n) is 2.15. The van der Waals surface area contributed by atoms with Gasteiger partial charge in [-0.15, -0.1) is 0 Å². The molecule has 17 heavy (non-hydrogen) atoms. The fraction of sp³-hybridized carbons (Fsp3) is 0.300. The number of benzene rings is 1. The standard InChI is InChI=1S/C10H8F5NO/c1-4(17)7-5(10(13,14)15)2-3-6(16)8(7)9(11)12/h2-3,9H,16H2,1H3. The van der Waals surface area contributed by atoms with E-state index in [1.54, 1.807) is 0 Å². The van der Waals surface area contributed by atoms with E-state index in [1.165, 1.54) is 0 Å². The Hall–Kier alpha value is -1.66. The molecule has 1 aromatic rings. The molecule has 0 saturated heterocycles. The fourth-order valence-corrected chi connectivity index (χ4v) is 1.49. The Labute approximate surface area is 93.2 Å². The minimum atomic E-state index is -4.88. The summed E-state index contributed by atoms with van der Waals surface area (Å²) in [5.41, 5.74) is 1.12. The van der Waals surface area contributed by atoms with Crippen molar-refractivity contribution in [2.75, 3.05) is 5.73 Å². The molecule has 7 heteroatoms. The molecule has 0 aliphatic rings. The van der Waals surface area contributed by atoms with Crippen molar-refractivity contribution < 1.29 is 26.7 Å². The van der Waals surface area contributed by atoms with E-state index < -0.39 is 40.8 Å². The summed E-state index contributed by atoms with van der Waals surface area (Å²) in [6.07, 6.45) is -8.12. The van der Waals surface area contributed by atoms with Crippen molar-refractivity contribution in [3.8, 4) is 0 Å². The normalized spacial score (nSPS) is 11.9. The molecule has 0 heterocycles. The first kappa shape index (κ1) is 13.4. The molecule has 1 rings (SSSR count). The van der Waals surface area contributed by atoms with Crippen molar-refractivity contribution in [2.24, 2.45) is 0 Å². The van der Waals surface area contributed by atoms with E-state index in [0.717, 1.165) is 13.0 Å². The largest absolute Gasteiger partial charge is 0.417 e. The molecule has 0 unspecified atom stereocenters. The summed E-state index contributed by atoms with van der Waals surface area (Å²) in [6, 6.07) is 1.24. The van der Waals surface area contributed by atoms with Crippen molar-refractivity contribution in [2.45, 2.75) is 19.5 Å². The average Bonchev–Trinajstić information content (AvgIpc) is 2.14. The number of hydrogen-bond acceptors (Lipinski definition) is 2. The van der Waals surface area contributed by atoms with Crippen molar-refractivity contribution in [3.05, 3.63) is 28.8 Å². The highest BCUT2D eigenvalue weighted by Crippen LogP contribution is 2.38. The van der Waals surface area contributed by atoms with Crippen molar-refractivity contribution >= 4 is 11.5 Å². The summed E-state index contributed by atoms with van der Waals surface area (Å²) in [7, 11) is 0. The highest BCUT2D eigenvalue weighted by atomic mass is 19.4. The lowest BCUT2D eigenvalue weighted by Crippen LogP contribution is -2.16. The molecule has 0 aromatic heterocycles. The second-order valence-electron chi connectivity index (χ2n) is 3.35. The molecule has 0 fully saturated rings. The summed E-state index contributed by atoms with van der Waals surface area (Å²) >= 11 is 0. The van der Waals surface area contributed by atoms with Gasteiger partial charge < -0.3 is 5.73 Å². The molecular formula is C10H8F5NO. The number of nitrogens with two attached hydrogens (primary N) is 1. The number of nitrogen functional groups attached to an aromatic ring is 1. The molecule has 0 saturated carbocycles. The molecule has 0 bridgehead atoms. The van der Waals surface area contributed by atoms with Crippen LogP contribution in [0.1, 0.15) is 34.8 Å². The lowest BCUT2D eigenvalue weighted by atomic mass is 9.96. The monoisotopic (exact) mass is 253 g/mol. The first-order chi connectivity index (χ1) is 7.66. The zero-order chi connectivity index (χ0) is 13.4. The van der Waals surface area contributed by atoms with E-state index in [0.29, 0.717) is 6.07 Å². The summed E-state index contributed by atoms with van der Waals surface area (Å²) in [5, 5.41) is 0. The first-order valence-electron chi connectivity index (χ1n) is 4.45. The van der Waals surface area contributed by atoms with Crippen molar-refractivity contribution in [3.63, 3.8) is 0 Å². The van der Waals surface area contributed by atoms with Crippen molar-refractivity contribution in [1.29, 1.82) is 0 Å². The maximum Gasteiger partial charge on any atom is 0.417 e. The quantitative estimate of drug-likeness (QED) is 0.498. The van der Waals surface area contributed by atoms with Gasteiger partial charge in [0.25, 0.3) is 6.43 Å². The molecule has 0 amide bonds. The van der Waals surface area contributed by atoms with E-state index in [4.69, 9.17) is 5.73 Å². The van der Waals surface area contributed by atoms with Gasteiger partial charge in [0.05, 0.1) is 11.1 Å². The molecule has 0 spiro atoms. The van der Waals surface area contributed by atoms with Crippen molar-refractivity contribution in [1.82, 2.24) is 0 Å². The summed E-state index contributed by atoms with van der Waals surface area (Å²) in [5.74, 6) is -1.10. The second-order valence-corrected chi connectivity index (χ2v) is 3.35. The molecule has 94 valence electrons. The molecule has 0 aliphatic carbocycles. The SMILES string of the molecule is CC(=O)c1c(C(F)(F)F)ccc(N)c1C(F)F. The van der Waals surface area contributed by atoms with Crippen LogP contribution in [-0.2, 0) is 6.18 Å². The predicted molar refractivity (Wildman–Crippen MR) is 50.8 cm³/mol. The first-order valence-corrected chi connectivity index (χ1v) is 4.45. The summed E-state index contributed by atoms with van der Waals surface area (Å²) in [4.78, 5) is 11.1. The Bertz CT molecular complexity index is 453. The molecule has 0 aliphatic heterocycles. The lowest BCUT2D eigenvalue weighted by molar-refractivity contribution is -0.138. The minimum Gasteiger partial charge on any atom is -0.398 e. The number of halogens is 5. The van der Waals surface area contributed by atoms with Gasteiger partial charge in [-0.1, -0.05) is 0 Å². The van der Waals surface area contributed by atoms with Crippen LogP contribution < -0.4 is 5.73 Å². The zero-order valence-electron chi connectivity index (χ0n) is 8.61. The van der Waals surface area contributed by atoms with Crippen LogP contribution in [0.5, 0.6) is 0 Å². The minimum absolute atomic E-state index is 0.526. The Morgan fingerprint density at radius 3 is 2.18 bits per heavy atom. The fourth-order valence-electron chi connectivity index (χ4n) is 1.49. The van der Waals surface area contributed by atoms with Crippen LogP contribution in [0.25, 0.3) is 0 Å². The van der Waals surface area contributed by atoms with E-state index in [2.05, 4.69) is 0 Å². The van der Waals surface area contributed by atoms with Crippen LogP contribution >= 0.6 is 0 Å². The summed E-state index contributed by atoms with van der Waals surface area (Å²) < 4.78 is 62.9. The molecule has 2 nitrogen and oxygen atoms in total. The number of anilines is 1. The molecular weight excluding hydrogens is 245 g/mol. The van der Waals surface area contributed by atoms with E-state index in [1.807, 2.05) is 0 Å². The topological polar surface area (TPSA) is 43.1 Å². The number of carbonyl (C=O) groups is 1. The third kappa shape index (κ3) is 2.54. The molecule has 0 radical (unpaired) electrons. The van der Waals surface area contributed by atoms with Gasteiger partial charge in [0, 0.05) is 11.3 Å². The van der Waals surface area contributed by atoms with Crippen LogP contribution in [0.15, 0.2) is 12.1 Å². The van der Waals surface area contributed by atoms with Gasteiger partial charge in [-0.05, 0) is 19.1 Å². The highest BCUT2D eigenvalue weighted by Gasteiger charge is 2.37. The van der Waals surface area contributed by atoms with Crippen LogP contribution in [0.3, 0.4) is 0 Å². The van der Waals surface area contributed by atoms with Gasteiger partial charge in [0.15, 0.2) is 5.78 Å². The number of hydrogen-bond donors (Lipinski definition) is 1. The maximum atomic E-state index is 12.6. The maximum absolute atomic E-state index is 12.6. The zero-order valence-corrected chi connectivity index (χ0v) is 8.61. The molecule has 2 N–H and O–H groups in total. The number of carbonyl (C=O) groups excluding carboxylic acids is 1. The third-order valence-corrected chi connectivity index (χ3v) is 2.15. The van der Waals surface area contributed by atoms with Gasteiger partial charge in [0.1, 0.15) is 0 Å². The number of Topliss-reactive ketones (excluding diaryl/α,β-unsaturated/α-hetero) is 1. The predicted octanol–water partition coefficient (Wildman–Crippen LogP) is 3.43. The smallest absolute Gasteiger partial charge is 0.398 e. The number of rotatable bonds is 2. The van der Waals surface area contributed by atoms with Gasteiger partial charge >= 0.3 is 6.18 Å². The number of ketones is 1. The Morgan fingerprint density at radius 2 is 1.82 bits per heavy atom. The highest BCUT2D eigenvalue weighted by molar-refractivity contribution is 5.98.